The quantitative estimate of drug-likeness (QED) is 0.503. The highest BCUT2D eigenvalue weighted by molar-refractivity contribution is 14.1. The zero-order valence-corrected chi connectivity index (χ0v) is 14.1. The molecule has 0 atom stereocenters. The molecule has 7 heteroatoms. The fourth-order valence-electron chi connectivity index (χ4n) is 1.39. The molecule has 3 nitrogen and oxygen atoms in total. The number of nitrogens with zero attached hydrogens (tertiary/aromatic N) is 2. The molecular formula is C11H6BrCl2IN2O. The van der Waals surface area contributed by atoms with Gasteiger partial charge in [-0.15, -0.1) is 0 Å². The molecule has 0 radical (unpaired) electrons. The second kappa shape index (κ2) is 5.90. The van der Waals surface area contributed by atoms with Crippen molar-refractivity contribution in [2.24, 2.45) is 0 Å². The molecule has 94 valence electrons. The van der Waals surface area contributed by atoms with Gasteiger partial charge in [0.2, 0.25) is 0 Å². The van der Waals surface area contributed by atoms with Gasteiger partial charge in [-0.1, -0.05) is 45.2 Å². The fraction of sp³-hybridized carbons (Fsp3) is 0.0909. The van der Waals surface area contributed by atoms with Crippen molar-refractivity contribution >= 4 is 61.7 Å². The minimum atomic E-state index is -0.172. The number of rotatable bonds is 2. The van der Waals surface area contributed by atoms with Crippen LogP contribution in [0, 0.1) is 3.57 Å². The standard InChI is InChI=1S/C11H6BrCl2IN2O/c12-7-2-1-6(8(13)3-7)4-17-5-16-10(14)9(15)11(17)18/h1-3,5H,4H2. The van der Waals surface area contributed by atoms with Crippen LogP contribution in [0.15, 0.2) is 33.8 Å². The van der Waals surface area contributed by atoms with Gasteiger partial charge in [0.15, 0.2) is 0 Å². The van der Waals surface area contributed by atoms with Crippen LogP contribution in [0.2, 0.25) is 10.2 Å². The van der Waals surface area contributed by atoms with Gasteiger partial charge >= 0.3 is 0 Å². The first-order valence-corrected chi connectivity index (χ1v) is 7.46. The first-order valence-electron chi connectivity index (χ1n) is 4.83. The Kier molecular flexibility index (Phi) is 4.69. The average molecular weight is 460 g/mol. The van der Waals surface area contributed by atoms with Gasteiger partial charge < -0.3 is 0 Å². The van der Waals surface area contributed by atoms with Crippen molar-refractivity contribution in [2.45, 2.75) is 6.54 Å². The minimum absolute atomic E-state index is 0.172. The van der Waals surface area contributed by atoms with Crippen LogP contribution in [0.1, 0.15) is 5.56 Å². The first-order chi connectivity index (χ1) is 8.49. The summed E-state index contributed by atoms with van der Waals surface area (Å²) in [6, 6.07) is 5.52. The van der Waals surface area contributed by atoms with Crippen molar-refractivity contribution in [3.63, 3.8) is 0 Å². The molecule has 0 aliphatic carbocycles. The van der Waals surface area contributed by atoms with Crippen molar-refractivity contribution in [3.05, 3.63) is 58.7 Å². The Bertz CT molecular complexity index is 660. The molecule has 0 saturated heterocycles. The minimum Gasteiger partial charge on any atom is -0.294 e. The van der Waals surface area contributed by atoms with Gasteiger partial charge in [-0.05, 0) is 40.3 Å². The molecule has 0 aliphatic rings. The van der Waals surface area contributed by atoms with E-state index in [1.165, 1.54) is 10.9 Å². The molecule has 1 aromatic heterocycles. The number of hydrogen-bond acceptors (Lipinski definition) is 2. The van der Waals surface area contributed by atoms with Crippen LogP contribution in [0.5, 0.6) is 0 Å². The van der Waals surface area contributed by atoms with E-state index in [0.717, 1.165) is 10.0 Å². The van der Waals surface area contributed by atoms with Crippen LogP contribution in [0.25, 0.3) is 0 Å². The summed E-state index contributed by atoms with van der Waals surface area (Å²) in [5.74, 6) is 0. The molecule has 0 unspecified atom stereocenters. The van der Waals surface area contributed by atoms with Gasteiger partial charge in [-0.25, -0.2) is 4.98 Å². The van der Waals surface area contributed by atoms with E-state index in [2.05, 4.69) is 20.9 Å². The number of aromatic nitrogens is 2. The molecule has 0 saturated carbocycles. The van der Waals surface area contributed by atoms with E-state index in [4.69, 9.17) is 23.2 Å². The highest BCUT2D eigenvalue weighted by atomic mass is 127. The summed E-state index contributed by atoms with van der Waals surface area (Å²) in [4.78, 5) is 15.9. The Morgan fingerprint density at radius 1 is 1.39 bits per heavy atom. The van der Waals surface area contributed by atoms with Crippen molar-refractivity contribution in [3.8, 4) is 0 Å². The van der Waals surface area contributed by atoms with Gasteiger partial charge in [-0.3, -0.25) is 9.36 Å². The predicted molar refractivity (Wildman–Crippen MR) is 84.5 cm³/mol. The molecule has 0 bridgehead atoms. The Hall–Kier alpha value is -0.110. The van der Waals surface area contributed by atoms with Crippen LogP contribution in [-0.2, 0) is 6.54 Å². The molecule has 0 amide bonds. The molecule has 2 rings (SSSR count). The van der Waals surface area contributed by atoms with Crippen molar-refractivity contribution < 1.29 is 0 Å². The van der Waals surface area contributed by atoms with E-state index in [-0.39, 0.29) is 10.7 Å². The first kappa shape index (κ1) is 14.3. The van der Waals surface area contributed by atoms with E-state index >= 15 is 0 Å². The lowest BCUT2D eigenvalue weighted by Gasteiger charge is -2.08. The Balaban J connectivity index is 2.41. The third kappa shape index (κ3) is 3.07. The molecular weight excluding hydrogens is 454 g/mol. The third-order valence-corrected chi connectivity index (χ3v) is 4.72. The zero-order valence-electron chi connectivity index (χ0n) is 8.83. The monoisotopic (exact) mass is 458 g/mol. The molecule has 1 heterocycles. The van der Waals surface area contributed by atoms with Crippen LogP contribution < -0.4 is 5.56 Å². The maximum Gasteiger partial charge on any atom is 0.268 e. The van der Waals surface area contributed by atoms with Crippen LogP contribution in [-0.4, -0.2) is 9.55 Å². The second-order valence-corrected chi connectivity index (χ2v) is 6.28. The van der Waals surface area contributed by atoms with Crippen molar-refractivity contribution in [2.75, 3.05) is 0 Å². The molecule has 2 aromatic rings. The molecule has 0 aliphatic heterocycles. The second-order valence-electron chi connectivity index (χ2n) is 3.52. The summed E-state index contributed by atoms with van der Waals surface area (Å²) >= 11 is 17.1. The molecule has 0 fully saturated rings. The molecule has 0 spiro atoms. The van der Waals surface area contributed by atoms with Crippen molar-refractivity contribution in [1.29, 1.82) is 0 Å². The lowest BCUT2D eigenvalue weighted by atomic mass is 10.2. The lowest BCUT2D eigenvalue weighted by molar-refractivity contribution is 0.730. The normalized spacial score (nSPS) is 10.7. The Morgan fingerprint density at radius 2 is 2.11 bits per heavy atom. The average Bonchev–Trinajstić information content (AvgIpc) is 2.33. The van der Waals surface area contributed by atoms with Crippen LogP contribution in [0.3, 0.4) is 0 Å². The number of benzene rings is 1. The summed E-state index contributed by atoms with van der Waals surface area (Å²) in [6.07, 6.45) is 1.42. The largest absolute Gasteiger partial charge is 0.294 e. The van der Waals surface area contributed by atoms with Gasteiger partial charge in [0.25, 0.3) is 5.56 Å². The van der Waals surface area contributed by atoms with E-state index in [1.807, 2.05) is 34.7 Å². The number of halogens is 4. The van der Waals surface area contributed by atoms with Gasteiger partial charge in [0, 0.05) is 9.50 Å². The SMILES string of the molecule is O=c1c(I)c(Cl)ncn1Cc1ccc(Br)cc1Cl. The maximum atomic E-state index is 12.0. The third-order valence-electron chi connectivity index (χ3n) is 2.30. The highest BCUT2D eigenvalue weighted by Gasteiger charge is 2.09. The molecule has 1 aromatic carbocycles. The lowest BCUT2D eigenvalue weighted by Crippen LogP contribution is -2.23. The number of hydrogen-bond donors (Lipinski definition) is 0. The topological polar surface area (TPSA) is 34.9 Å². The summed E-state index contributed by atoms with van der Waals surface area (Å²) < 4.78 is 2.78. The molecule has 0 N–H and O–H groups in total. The Morgan fingerprint density at radius 3 is 2.78 bits per heavy atom. The predicted octanol–water partition coefficient (Wildman–Crippen LogP) is 3.97. The van der Waals surface area contributed by atoms with E-state index < -0.39 is 0 Å². The summed E-state index contributed by atoms with van der Waals surface area (Å²) in [6.45, 7) is 0.366. The van der Waals surface area contributed by atoms with Crippen LogP contribution >= 0.6 is 61.7 Å². The van der Waals surface area contributed by atoms with E-state index in [0.29, 0.717) is 15.1 Å². The van der Waals surface area contributed by atoms with Crippen molar-refractivity contribution in [1.82, 2.24) is 9.55 Å². The summed E-state index contributed by atoms with van der Waals surface area (Å²) in [7, 11) is 0. The van der Waals surface area contributed by atoms with Gasteiger partial charge in [0.1, 0.15) is 8.72 Å². The van der Waals surface area contributed by atoms with E-state index in [1.54, 1.807) is 6.07 Å². The fourth-order valence-corrected chi connectivity index (χ4v) is 2.70. The molecule has 18 heavy (non-hydrogen) atoms. The summed E-state index contributed by atoms with van der Waals surface area (Å²) in [5.41, 5.74) is 0.677. The van der Waals surface area contributed by atoms with Gasteiger partial charge in [0.05, 0.1) is 12.9 Å². The van der Waals surface area contributed by atoms with Crippen LogP contribution in [0.4, 0.5) is 0 Å². The highest BCUT2D eigenvalue weighted by Crippen LogP contribution is 2.22. The zero-order chi connectivity index (χ0) is 13.3. The van der Waals surface area contributed by atoms with Gasteiger partial charge in [-0.2, -0.15) is 0 Å². The maximum absolute atomic E-state index is 12.0. The van der Waals surface area contributed by atoms with E-state index in [9.17, 15) is 4.79 Å². The smallest absolute Gasteiger partial charge is 0.268 e. The summed E-state index contributed by atoms with van der Waals surface area (Å²) in [5, 5.41) is 0.819. The Labute approximate surface area is 135 Å².